The zero-order chi connectivity index (χ0) is 15.6. The summed E-state index contributed by atoms with van der Waals surface area (Å²) in [6, 6.07) is 0. The van der Waals surface area contributed by atoms with Crippen LogP contribution in [0.3, 0.4) is 0 Å². The van der Waals surface area contributed by atoms with E-state index in [2.05, 4.69) is 25.4 Å². The van der Waals surface area contributed by atoms with Crippen LogP contribution in [0.2, 0.25) is 0 Å². The molecule has 1 N–H and O–H groups in total. The molecule has 9 heteroatoms. The van der Waals surface area contributed by atoms with E-state index in [9.17, 15) is 8.42 Å². The van der Waals surface area contributed by atoms with Gasteiger partial charge in [0.15, 0.2) is 0 Å². The Morgan fingerprint density at radius 1 is 1.29 bits per heavy atom. The summed E-state index contributed by atoms with van der Waals surface area (Å²) in [7, 11) is -3.63. The monoisotopic (exact) mass is 312 g/mol. The highest BCUT2D eigenvalue weighted by molar-refractivity contribution is 7.90. The van der Waals surface area contributed by atoms with Crippen LogP contribution in [0, 0.1) is 6.92 Å². The summed E-state index contributed by atoms with van der Waals surface area (Å²) < 4.78 is 26.6. The summed E-state index contributed by atoms with van der Waals surface area (Å²) in [5.74, 6) is 1.53. The molecule has 0 fully saturated rings. The molecule has 0 aliphatic heterocycles. The number of hydrogen-bond acceptors (Lipinski definition) is 6. The number of nitrogens with zero attached hydrogens (tertiary/aromatic N) is 5. The lowest BCUT2D eigenvalue weighted by atomic mass is 10.2. The van der Waals surface area contributed by atoms with Gasteiger partial charge in [-0.1, -0.05) is 20.8 Å². The summed E-state index contributed by atoms with van der Waals surface area (Å²) in [5.41, 5.74) is 0. The third-order valence-electron chi connectivity index (χ3n) is 3.09. The lowest BCUT2D eigenvalue weighted by molar-refractivity contribution is 0.578. The highest BCUT2D eigenvalue weighted by atomic mass is 32.2. The Labute approximate surface area is 123 Å². The van der Waals surface area contributed by atoms with Crippen molar-refractivity contribution in [1.82, 2.24) is 29.9 Å². The lowest BCUT2D eigenvalue weighted by Crippen LogP contribution is -2.13. The largest absolute Gasteiger partial charge is 0.314 e. The second-order valence-electron chi connectivity index (χ2n) is 5.23. The van der Waals surface area contributed by atoms with Crippen LogP contribution in [0.5, 0.6) is 0 Å². The summed E-state index contributed by atoms with van der Waals surface area (Å²) in [6.07, 6.45) is 0.879. The number of nitrogens with one attached hydrogen (secondary N) is 1. The van der Waals surface area contributed by atoms with E-state index in [-0.39, 0.29) is 16.8 Å². The Morgan fingerprint density at radius 3 is 2.57 bits per heavy atom. The Kier molecular flexibility index (Phi) is 4.40. The van der Waals surface area contributed by atoms with Crippen molar-refractivity contribution in [2.75, 3.05) is 0 Å². The topological polar surface area (TPSA) is 106 Å². The van der Waals surface area contributed by atoms with Crippen molar-refractivity contribution >= 4 is 9.84 Å². The number of aromatic nitrogens is 6. The highest BCUT2D eigenvalue weighted by Gasteiger charge is 2.25. The summed E-state index contributed by atoms with van der Waals surface area (Å²) in [6.45, 7) is 8.34. The number of aryl methyl sites for hydroxylation is 1. The fourth-order valence-electron chi connectivity index (χ4n) is 1.94. The molecule has 0 aliphatic carbocycles. The van der Waals surface area contributed by atoms with E-state index in [4.69, 9.17) is 0 Å². The zero-order valence-corrected chi connectivity index (χ0v) is 13.5. The average molecular weight is 312 g/mol. The first-order valence-corrected chi connectivity index (χ1v) is 8.54. The smallest absolute Gasteiger partial charge is 0.267 e. The molecule has 0 bridgehead atoms. The second-order valence-corrected chi connectivity index (χ2v) is 7.12. The van der Waals surface area contributed by atoms with E-state index in [1.807, 2.05) is 32.3 Å². The van der Waals surface area contributed by atoms with Crippen LogP contribution in [0.4, 0.5) is 0 Å². The van der Waals surface area contributed by atoms with Crippen LogP contribution < -0.4 is 0 Å². The highest BCUT2D eigenvalue weighted by Crippen LogP contribution is 2.15. The fourth-order valence-corrected chi connectivity index (χ4v) is 3.04. The normalized spacial score (nSPS) is 12.2. The maximum absolute atomic E-state index is 12.4. The molecule has 2 rings (SSSR count). The van der Waals surface area contributed by atoms with E-state index in [0.717, 1.165) is 6.42 Å². The molecule has 0 unspecified atom stereocenters. The summed E-state index contributed by atoms with van der Waals surface area (Å²) >= 11 is 0. The van der Waals surface area contributed by atoms with Crippen LogP contribution in [0.15, 0.2) is 5.16 Å². The SMILES string of the molecule is CCCn1c(C)nnc1CS(=O)(=O)c1n[nH]c(C(C)C)n1. The standard InChI is InChI=1S/C12H20N6O2S/c1-5-6-18-9(4)14-15-10(18)7-21(19,20)12-13-11(8(2)3)16-17-12/h8H,5-7H2,1-4H3,(H,13,16,17). The molecule has 0 radical (unpaired) electrons. The van der Waals surface area contributed by atoms with Gasteiger partial charge in [-0.3, -0.25) is 5.10 Å². The summed E-state index contributed by atoms with van der Waals surface area (Å²) in [5, 5.41) is 14.2. The maximum atomic E-state index is 12.4. The van der Waals surface area contributed by atoms with Crippen molar-refractivity contribution in [3.63, 3.8) is 0 Å². The summed E-state index contributed by atoms with van der Waals surface area (Å²) in [4.78, 5) is 4.05. The minimum Gasteiger partial charge on any atom is -0.314 e. The number of hydrogen-bond donors (Lipinski definition) is 1. The molecule has 0 atom stereocenters. The first kappa shape index (κ1) is 15.6. The van der Waals surface area contributed by atoms with Gasteiger partial charge in [0.2, 0.25) is 9.84 Å². The Bertz CT molecular complexity index is 716. The van der Waals surface area contributed by atoms with Crippen molar-refractivity contribution in [3.05, 3.63) is 17.5 Å². The van der Waals surface area contributed by atoms with Gasteiger partial charge in [0, 0.05) is 12.5 Å². The lowest BCUT2D eigenvalue weighted by Gasteiger charge is -2.06. The Balaban J connectivity index is 2.28. The van der Waals surface area contributed by atoms with Gasteiger partial charge >= 0.3 is 0 Å². The molecule has 0 saturated carbocycles. The van der Waals surface area contributed by atoms with E-state index in [0.29, 0.717) is 24.0 Å². The molecular weight excluding hydrogens is 292 g/mol. The van der Waals surface area contributed by atoms with Gasteiger partial charge in [-0.05, 0) is 13.3 Å². The van der Waals surface area contributed by atoms with Crippen molar-refractivity contribution in [2.45, 2.75) is 57.5 Å². The number of rotatable bonds is 6. The van der Waals surface area contributed by atoms with Gasteiger partial charge in [-0.2, -0.15) is 0 Å². The van der Waals surface area contributed by atoms with Crippen LogP contribution in [-0.2, 0) is 22.1 Å². The minimum absolute atomic E-state index is 0.0902. The minimum atomic E-state index is -3.63. The Hall–Kier alpha value is -1.77. The molecule has 2 aromatic rings. The van der Waals surface area contributed by atoms with E-state index >= 15 is 0 Å². The predicted octanol–water partition coefficient (Wildman–Crippen LogP) is 1.21. The van der Waals surface area contributed by atoms with Crippen molar-refractivity contribution < 1.29 is 8.42 Å². The van der Waals surface area contributed by atoms with Gasteiger partial charge in [-0.25, -0.2) is 13.4 Å². The number of H-pyrrole nitrogens is 1. The van der Waals surface area contributed by atoms with Gasteiger partial charge in [0.1, 0.15) is 23.2 Å². The number of sulfone groups is 1. The predicted molar refractivity (Wildman–Crippen MR) is 76.4 cm³/mol. The molecule has 2 aromatic heterocycles. The molecule has 8 nitrogen and oxygen atoms in total. The van der Waals surface area contributed by atoms with Gasteiger partial charge in [0.25, 0.3) is 5.16 Å². The van der Waals surface area contributed by atoms with Gasteiger partial charge < -0.3 is 4.57 Å². The molecule has 0 saturated heterocycles. The molecule has 2 heterocycles. The van der Waals surface area contributed by atoms with E-state index in [1.165, 1.54) is 0 Å². The fraction of sp³-hybridized carbons (Fsp3) is 0.667. The van der Waals surface area contributed by atoms with E-state index in [1.54, 1.807) is 0 Å². The van der Waals surface area contributed by atoms with E-state index < -0.39 is 9.84 Å². The first-order chi connectivity index (χ1) is 9.85. The number of aromatic amines is 1. The molecule has 21 heavy (non-hydrogen) atoms. The molecule has 0 aliphatic rings. The van der Waals surface area contributed by atoms with Gasteiger partial charge in [-0.15, -0.1) is 15.3 Å². The average Bonchev–Trinajstić information content (AvgIpc) is 3.01. The quantitative estimate of drug-likeness (QED) is 0.859. The van der Waals surface area contributed by atoms with Crippen molar-refractivity contribution in [3.8, 4) is 0 Å². The molecule has 116 valence electrons. The molecule has 0 amide bonds. The second kappa shape index (κ2) is 5.92. The van der Waals surface area contributed by atoms with Gasteiger partial charge in [0.05, 0.1) is 0 Å². The molecular formula is C12H20N6O2S. The third-order valence-corrected chi connectivity index (χ3v) is 4.46. The Morgan fingerprint density at radius 2 is 2.00 bits per heavy atom. The van der Waals surface area contributed by atoms with Crippen LogP contribution in [0.25, 0.3) is 0 Å². The van der Waals surface area contributed by atoms with Crippen LogP contribution in [-0.4, -0.2) is 38.4 Å². The molecule has 0 aromatic carbocycles. The first-order valence-electron chi connectivity index (χ1n) is 6.89. The van der Waals surface area contributed by atoms with Crippen molar-refractivity contribution in [1.29, 1.82) is 0 Å². The van der Waals surface area contributed by atoms with Crippen molar-refractivity contribution in [2.24, 2.45) is 0 Å². The third kappa shape index (κ3) is 3.29. The maximum Gasteiger partial charge on any atom is 0.267 e. The van der Waals surface area contributed by atoms with Crippen LogP contribution >= 0.6 is 0 Å². The zero-order valence-electron chi connectivity index (χ0n) is 12.7. The molecule has 0 spiro atoms. The van der Waals surface area contributed by atoms with Crippen LogP contribution in [0.1, 0.15) is 50.6 Å².